The number of nitrogens with zero attached hydrogens (tertiary/aromatic N) is 1. The van der Waals surface area contributed by atoms with Gasteiger partial charge in [0.15, 0.2) is 0 Å². The van der Waals surface area contributed by atoms with Crippen LogP contribution in [0.25, 0.3) is 10.6 Å². The Kier molecular flexibility index (Phi) is 3.85. The number of halogens is 1. The number of benzene rings is 1. The van der Waals surface area contributed by atoms with Gasteiger partial charge in [-0.05, 0) is 56.5 Å². The van der Waals surface area contributed by atoms with E-state index in [1.54, 1.807) is 18.3 Å². The molecule has 1 unspecified atom stereocenters. The Morgan fingerprint density at radius 3 is 3.05 bits per heavy atom. The first kappa shape index (κ1) is 13.7. The van der Waals surface area contributed by atoms with Crippen molar-refractivity contribution in [2.45, 2.75) is 39.2 Å². The minimum absolute atomic E-state index is 0.152. The summed E-state index contributed by atoms with van der Waals surface area (Å²) in [6.07, 6.45) is 3.50. The van der Waals surface area contributed by atoms with E-state index in [9.17, 15) is 4.39 Å². The fourth-order valence-electron chi connectivity index (χ4n) is 2.76. The Hall–Kier alpha value is -1.26. The molecule has 0 bridgehead atoms. The third-order valence-corrected chi connectivity index (χ3v) is 4.99. The zero-order valence-corrected chi connectivity index (χ0v) is 12.7. The number of rotatable bonds is 3. The molecule has 2 aromatic rings. The van der Waals surface area contributed by atoms with Crippen LogP contribution in [0.15, 0.2) is 18.2 Å². The maximum atomic E-state index is 13.4. The normalized spacial score (nSPS) is 18.1. The number of hydrogen-bond donors (Lipinski definition) is 1. The highest BCUT2D eigenvalue weighted by molar-refractivity contribution is 7.15. The lowest BCUT2D eigenvalue weighted by Crippen LogP contribution is -2.24. The van der Waals surface area contributed by atoms with E-state index >= 15 is 0 Å². The molecule has 0 aliphatic heterocycles. The van der Waals surface area contributed by atoms with E-state index in [4.69, 9.17) is 4.98 Å². The molecule has 1 atom stereocenters. The van der Waals surface area contributed by atoms with Crippen LogP contribution in [-0.4, -0.2) is 11.5 Å². The van der Waals surface area contributed by atoms with Crippen molar-refractivity contribution in [2.75, 3.05) is 6.54 Å². The summed E-state index contributed by atoms with van der Waals surface area (Å²) in [5.74, 6) is -0.152. The van der Waals surface area contributed by atoms with Crippen molar-refractivity contribution < 1.29 is 4.39 Å². The smallest absolute Gasteiger partial charge is 0.126 e. The average molecular weight is 290 g/mol. The number of aromatic nitrogens is 1. The fourth-order valence-corrected chi connectivity index (χ4v) is 3.93. The molecule has 1 N–H and O–H groups in total. The molecule has 4 heteroatoms. The van der Waals surface area contributed by atoms with E-state index in [1.807, 2.05) is 12.1 Å². The largest absolute Gasteiger partial charge is 0.309 e. The molecule has 106 valence electrons. The number of thiazole rings is 1. The Morgan fingerprint density at radius 1 is 1.45 bits per heavy atom. The summed E-state index contributed by atoms with van der Waals surface area (Å²) >= 11 is 1.76. The third-order valence-electron chi connectivity index (χ3n) is 3.81. The quantitative estimate of drug-likeness (QED) is 0.914. The molecule has 1 aromatic carbocycles. The molecule has 0 amide bonds. The van der Waals surface area contributed by atoms with Gasteiger partial charge in [-0.25, -0.2) is 9.37 Å². The average Bonchev–Trinajstić information content (AvgIpc) is 2.87. The molecular formula is C16H19FN2S. The van der Waals surface area contributed by atoms with Crippen LogP contribution in [0.3, 0.4) is 0 Å². The predicted octanol–water partition coefficient (Wildman–Crippen LogP) is 4.24. The van der Waals surface area contributed by atoms with Gasteiger partial charge in [0.1, 0.15) is 10.8 Å². The van der Waals surface area contributed by atoms with Crippen molar-refractivity contribution in [3.63, 3.8) is 0 Å². The summed E-state index contributed by atoms with van der Waals surface area (Å²) in [6.45, 7) is 4.89. The van der Waals surface area contributed by atoms with Gasteiger partial charge in [-0.15, -0.1) is 11.3 Å². The van der Waals surface area contributed by atoms with Crippen molar-refractivity contribution in [3.8, 4) is 10.6 Å². The maximum Gasteiger partial charge on any atom is 0.126 e. The molecule has 2 nitrogen and oxygen atoms in total. The van der Waals surface area contributed by atoms with Crippen LogP contribution in [0.1, 0.15) is 41.9 Å². The van der Waals surface area contributed by atoms with Gasteiger partial charge in [-0.3, -0.25) is 0 Å². The molecule has 1 heterocycles. The summed E-state index contributed by atoms with van der Waals surface area (Å²) < 4.78 is 13.4. The molecule has 20 heavy (non-hydrogen) atoms. The molecule has 1 aliphatic carbocycles. The zero-order chi connectivity index (χ0) is 14.1. The Morgan fingerprint density at radius 2 is 2.30 bits per heavy atom. The van der Waals surface area contributed by atoms with Crippen LogP contribution in [-0.2, 0) is 6.42 Å². The Balaban J connectivity index is 1.97. The summed E-state index contributed by atoms with van der Waals surface area (Å²) in [5.41, 5.74) is 2.91. The van der Waals surface area contributed by atoms with E-state index in [2.05, 4.69) is 12.2 Å². The van der Waals surface area contributed by atoms with Crippen LogP contribution in [0.2, 0.25) is 0 Å². The number of nitrogens with one attached hydrogen (secondary N) is 1. The SMILES string of the molecule is CCNC1CCCc2sc(-c3ccc(F)c(C)c3)nc21. The lowest BCUT2D eigenvalue weighted by molar-refractivity contribution is 0.465. The summed E-state index contributed by atoms with van der Waals surface area (Å²) in [5, 5.41) is 4.53. The second-order valence-electron chi connectivity index (χ2n) is 5.29. The highest BCUT2D eigenvalue weighted by atomic mass is 32.1. The maximum absolute atomic E-state index is 13.4. The highest BCUT2D eigenvalue weighted by Crippen LogP contribution is 2.37. The standard InChI is InChI=1S/C16H19FN2S/c1-3-18-13-5-4-6-14-15(13)19-16(20-14)11-7-8-12(17)10(2)9-11/h7-9,13,18H,3-6H2,1-2H3. The van der Waals surface area contributed by atoms with Gasteiger partial charge in [-0.2, -0.15) is 0 Å². The van der Waals surface area contributed by atoms with Crippen molar-refractivity contribution in [3.05, 3.63) is 40.2 Å². The van der Waals surface area contributed by atoms with Crippen molar-refractivity contribution in [1.29, 1.82) is 0 Å². The fraction of sp³-hybridized carbons (Fsp3) is 0.438. The lowest BCUT2D eigenvalue weighted by atomic mass is 9.97. The van der Waals surface area contributed by atoms with Crippen LogP contribution in [0, 0.1) is 12.7 Å². The highest BCUT2D eigenvalue weighted by Gasteiger charge is 2.24. The molecule has 1 aliphatic rings. The molecule has 0 saturated carbocycles. The van der Waals surface area contributed by atoms with Crippen LogP contribution >= 0.6 is 11.3 Å². The minimum Gasteiger partial charge on any atom is -0.309 e. The molecule has 0 spiro atoms. The van der Waals surface area contributed by atoms with Gasteiger partial charge in [0.25, 0.3) is 0 Å². The van der Waals surface area contributed by atoms with Crippen LogP contribution in [0.5, 0.6) is 0 Å². The second-order valence-corrected chi connectivity index (χ2v) is 6.38. The van der Waals surface area contributed by atoms with Gasteiger partial charge in [0.2, 0.25) is 0 Å². The third kappa shape index (κ3) is 2.50. The van der Waals surface area contributed by atoms with Crippen LogP contribution < -0.4 is 5.32 Å². The van der Waals surface area contributed by atoms with Crippen molar-refractivity contribution >= 4 is 11.3 Å². The van der Waals surface area contributed by atoms with Crippen LogP contribution in [0.4, 0.5) is 4.39 Å². The molecule has 0 radical (unpaired) electrons. The molecule has 1 aromatic heterocycles. The molecule has 3 rings (SSSR count). The molecule has 0 saturated heterocycles. The van der Waals surface area contributed by atoms with Gasteiger partial charge in [-0.1, -0.05) is 6.92 Å². The minimum atomic E-state index is -0.152. The summed E-state index contributed by atoms with van der Waals surface area (Å²) in [7, 11) is 0. The van der Waals surface area contributed by atoms with Gasteiger partial charge in [0, 0.05) is 10.4 Å². The number of aryl methyl sites for hydroxylation is 2. The van der Waals surface area contributed by atoms with Crippen molar-refractivity contribution in [1.82, 2.24) is 10.3 Å². The van der Waals surface area contributed by atoms with Gasteiger partial charge >= 0.3 is 0 Å². The van der Waals surface area contributed by atoms with Crippen molar-refractivity contribution in [2.24, 2.45) is 0 Å². The summed E-state index contributed by atoms with van der Waals surface area (Å²) in [6, 6.07) is 5.64. The number of hydrogen-bond acceptors (Lipinski definition) is 3. The van der Waals surface area contributed by atoms with Gasteiger partial charge < -0.3 is 5.32 Å². The van der Waals surface area contributed by atoms with Gasteiger partial charge in [0.05, 0.1) is 11.7 Å². The van der Waals surface area contributed by atoms with E-state index in [1.165, 1.54) is 23.1 Å². The van der Waals surface area contributed by atoms with E-state index in [0.29, 0.717) is 11.6 Å². The number of fused-ring (bicyclic) bond motifs is 1. The van der Waals surface area contributed by atoms with E-state index in [0.717, 1.165) is 30.0 Å². The Bertz CT molecular complexity index is 621. The molecular weight excluding hydrogens is 271 g/mol. The predicted molar refractivity (Wildman–Crippen MR) is 81.6 cm³/mol. The van der Waals surface area contributed by atoms with E-state index in [-0.39, 0.29) is 5.82 Å². The second kappa shape index (κ2) is 5.62. The zero-order valence-electron chi connectivity index (χ0n) is 11.9. The Labute approximate surface area is 123 Å². The molecule has 0 fully saturated rings. The monoisotopic (exact) mass is 290 g/mol. The lowest BCUT2D eigenvalue weighted by Gasteiger charge is -2.21. The van der Waals surface area contributed by atoms with E-state index < -0.39 is 0 Å². The first-order valence-electron chi connectivity index (χ1n) is 7.18. The topological polar surface area (TPSA) is 24.9 Å². The first-order chi connectivity index (χ1) is 9.69. The first-order valence-corrected chi connectivity index (χ1v) is 8.00. The summed E-state index contributed by atoms with van der Waals surface area (Å²) in [4.78, 5) is 6.21.